The minimum atomic E-state index is -0.614. The maximum absolute atomic E-state index is 13.3. The molecule has 7 nitrogen and oxygen atoms in total. The van der Waals surface area contributed by atoms with E-state index < -0.39 is 6.10 Å². The second-order valence-electron chi connectivity index (χ2n) is 10.0. The highest BCUT2D eigenvalue weighted by molar-refractivity contribution is 5.97. The second-order valence-corrected chi connectivity index (χ2v) is 10.0. The number of carbonyl (C=O) groups is 2. The third-order valence-electron chi connectivity index (χ3n) is 7.66. The zero-order valence-electron chi connectivity index (χ0n) is 20.5. The third kappa shape index (κ3) is 5.36. The van der Waals surface area contributed by atoms with Crippen LogP contribution in [0.5, 0.6) is 5.75 Å². The van der Waals surface area contributed by atoms with E-state index in [1.165, 1.54) is 16.7 Å². The number of nitrogens with zero attached hydrogens (tertiary/aromatic N) is 3. The highest BCUT2D eigenvalue weighted by Gasteiger charge is 2.28. The van der Waals surface area contributed by atoms with Crippen LogP contribution in [0.4, 0.5) is 0 Å². The third-order valence-corrected chi connectivity index (χ3v) is 7.66. The summed E-state index contributed by atoms with van der Waals surface area (Å²) in [5, 5.41) is 10.8. The van der Waals surface area contributed by atoms with Crippen molar-refractivity contribution in [3.8, 4) is 5.75 Å². The van der Waals surface area contributed by atoms with Gasteiger partial charge in [0.1, 0.15) is 12.4 Å². The van der Waals surface area contributed by atoms with Crippen LogP contribution in [0.1, 0.15) is 52.7 Å². The van der Waals surface area contributed by atoms with Crippen molar-refractivity contribution in [2.24, 2.45) is 0 Å². The van der Waals surface area contributed by atoms with Gasteiger partial charge >= 0.3 is 0 Å². The van der Waals surface area contributed by atoms with Gasteiger partial charge in [0, 0.05) is 46.2 Å². The minimum absolute atomic E-state index is 0.0847. The lowest BCUT2D eigenvalue weighted by molar-refractivity contribution is -0.129. The van der Waals surface area contributed by atoms with Gasteiger partial charge in [0.25, 0.3) is 5.91 Å². The maximum Gasteiger partial charge on any atom is 0.257 e. The summed E-state index contributed by atoms with van der Waals surface area (Å²) in [4.78, 5) is 30.8. The van der Waals surface area contributed by atoms with E-state index in [1.807, 2.05) is 23.1 Å². The van der Waals surface area contributed by atoms with Crippen molar-refractivity contribution in [3.05, 3.63) is 64.7 Å². The Bertz CT molecular complexity index is 1080. The van der Waals surface area contributed by atoms with Crippen LogP contribution in [-0.4, -0.2) is 83.6 Å². The van der Waals surface area contributed by atoms with Crippen molar-refractivity contribution in [1.29, 1.82) is 0 Å². The van der Waals surface area contributed by atoms with E-state index in [1.54, 1.807) is 11.8 Å². The smallest absolute Gasteiger partial charge is 0.257 e. The van der Waals surface area contributed by atoms with E-state index >= 15 is 0 Å². The van der Waals surface area contributed by atoms with Crippen molar-refractivity contribution in [1.82, 2.24) is 14.7 Å². The molecule has 0 spiro atoms. The van der Waals surface area contributed by atoms with Gasteiger partial charge in [0.05, 0.1) is 18.2 Å². The molecule has 186 valence electrons. The molecule has 1 atom stereocenters. The van der Waals surface area contributed by atoms with Gasteiger partial charge < -0.3 is 19.6 Å². The van der Waals surface area contributed by atoms with Crippen LogP contribution in [0.15, 0.2) is 42.5 Å². The molecule has 2 amide bonds. The number of rotatable bonds is 5. The Balaban J connectivity index is 1.20. The largest absolute Gasteiger partial charge is 0.491 e. The lowest BCUT2D eigenvalue weighted by Gasteiger charge is -2.32. The number of hydrogen-bond donors (Lipinski definition) is 1. The van der Waals surface area contributed by atoms with E-state index in [0.29, 0.717) is 43.5 Å². The molecule has 5 rings (SSSR count). The molecule has 0 aliphatic carbocycles. The standard InChI is InChI=1S/C28H35N3O4/c1-20(32)30-12-9-22(10-13-30)23-6-7-26-27(16-23)35-15-14-31(28(26)34)19-25(33)18-29-11-8-21-4-2-3-5-24(21)17-29/h2-7,16,22,25,33H,8-15,17-19H2,1H3/t25-/m1/s1. The Morgan fingerprint density at radius 1 is 1.06 bits per heavy atom. The zero-order chi connectivity index (χ0) is 24.4. The van der Waals surface area contributed by atoms with Gasteiger partial charge in [-0.1, -0.05) is 30.3 Å². The molecule has 0 saturated carbocycles. The molecule has 7 heteroatoms. The number of ether oxygens (including phenoxy) is 1. The van der Waals surface area contributed by atoms with Crippen molar-refractivity contribution in [3.63, 3.8) is 0 Å². The number of fused-ring (bicyclic) bond motifs is 2. The Hall–Kier alpha value is -2.90. The van der Waals surface area contributed by atoms with E-state index in [9.17, 15) is 14.7 Å². The van der Waals surface area contributed by atoms with Gasteiger partial charge in [-0.3, -0.25) is 14.5 Å². The molecular formula is C28H35N3O4. The molecule has 1 N–H and O–H groups in total. The average Bonchev–Trinajstić information content (AvgIpc) is 3.02. The zero-order valence-corrected chi connectivity index (χ0v) is 20.5. The molecule has 3 aliphatic heterocycles. The molecule has 3 heterocycles. The predicted molar refractivity (Wildman–Crippen MR) is 133 cm³/mol. The number of amides is 2. The minimum Gasteiger partial charge on any atom is -0.491 e. The number of hydrogen-bond acceptors (Lipinski definition) is 5. The first-order chi connectivity index (χ1) is 17.0. The highest BCUT2D eigenvalue weighted by Crippen LogP contribution is 2.33. The van der Waals surface area contributed by atoms with Crippen LogP contribution in [0.3, 0.4) is 0 Å². The van der Waals surface area contributed by atoms with Crippen LogP contribution in [0, 0.1) is 0 Å². The van der Waals surface area contributed by atoms with E-state index in [4.69, 9.17) is 4.74 Å². The van der Waals surface area contributed by atoms with E-state index in [-0.39, 0.29) is 11.8 Å². The lowest BCUT2D eigenvalue weighted by atomic mass is 9.88. The van der Waals surface area contributed by atoms with Crippen LogP contribution < -0.4 is 4.74 Å². The summed E-state index contributed by atoms with van der Waals surface area (Å²) < 4.78 is 5.99. The molecule has 35 heavy (non-hydrogen) atoms. The van der Waals surface area contributed by atoms with Crippen molar-refractivity contribution < 1.29 is 19.4 Å². The molecule has 3 aliphatic rings. The van der Waals surface area contributed by atoms with Gasteiger partial charge in [-0.05, 0) is 54.0 Å². The fourth-order valence-corrected chi connectivity index (χ4v) is 5.65. The first kappa shape index (κ1) is 23.8. The highest BCUT2D eigenvalue weighted by atomic mass is 16.5. The monoisotopic (exact) mass is 477 g/mol. The fraction of sp³-hybridized carbons (Fsp3) is 0.500. The number of carbonyl (C=O) groups excluding carboxylic acids is 2. The molecular weight excluding hydrogens is 442 g/mol. The van der Waals surface area contributed by atoms with E-state index in [0.717, 1.165) is 45.4 Å². The number of likely N-dealkylation sites (tertiary alicyclic amines) is 1. The molecule has 0 bridgehead atoms. The summed E-state index contributed by atoms with van der Waals surface area (Å²) >= 11 is 0. The van der Waals surface area contributed by atoms with Crippen molar-refractivity contribution in [2.75, 3.05) is 45.9 Å². The van der Waals surface area contributed by atoms with Gasteiger partial charge in [0.15, 0.2) is 0 Å². The Morgan fingerprint density at radius 2 is 1.83 bits per heavy atom. The average molecular weight is 478 g/mol. The number of piperidine rings is 1. The second kappa shape index (κ2) is 10.4. The molecule has 2 aromatic carbocycles. The number of benzene rings is 2. The topological polar surface area (TPSA) is 73.3 Å². The summed E-state index contributed by atoms with van der Waals surface area (Å²) in [6.07, 6.45) is 2.22. The van der Waals surface area contributed by atoms with Gasteiger partial charge in [-0.2, -0.15) is 0 Å². The van der Waals surface area contributed by atoms with Gasteiger partial charge in [-0.15, -0.1) is 0 Å². The number of β-amino-alcohol motifs (C(OH)–C–C–N with tert-alkyl or cyclic N) is 1. The maximum atomic E-state index is 13.3. The summed E-state index contributed by atoms with van der Waals surface area (Å²) in [5.74, 6) is 1.04. The first-order valence-corrected chi connectivity index (χ1v) is 12.8. The predicted octanol–water partition coefficient (Wildman–Crippen LogP) is 2.67. The number of aliphatic hydroxyl groups is 1. The Labute approximate surface area is 207 Å². The number of aliphatic hydroxyl groups excluding tert-OH is 1. The molecule has 2 aromatic rings. The summed E-state index contributed by atoms with van der Waals surface area (Å²) in [6, 6.07) is 14.4. The van der Waals surface area contributed by atoms with Crippen LogP contribution >= 0.6 is 0 Å². The van der Waals surface area contributed by atoms with Crippen molar-refractivity contribution >= 4 is 11.8 Å². The van der Waals surface area contributed by atoms with E-state index in [2.05, 4.69) is 29.2 Å². The van der Waals surface area contributed by atoms with Crippen LogP contribution in [0.25, 0.3) is 0 Å². The molecule has 0 unspecified atom stereocenters. The van der Waals surface area contributed by atoms with Crippen LogP contribution in [0.2, 0.25) is 0 Å². The lowest BCUT2D eigenvalue weighted by Crippen LogP contribution is -2.44. The quantitative estimate of drug-likeness (QED) is 0.717. The molecule has 0 aromatic heterocycles. The fourth-order valence-electron chi connectivity index (χ4n) is 5.65. The summed E-state index contributed by atoms with van der Waals surface area (Å²) in [6.45, 7) is 6.62. The first-order valence-electron chi connectivity index (χ1n) is 12.8. The van der Waals surface area contributed by atoms with Gasteiger partial charge in [0.2, 0.25) is 5.91 Å². The summed E-state index contributed by atoms with van der Waals surface area (Å²) in [5.41, 5.74) is 4.44. The SMILES string of the molecule is CC(=O)N1CCC(c2ccc3c(c2)OCCN(C[C@H](O)CN2CCc4ccccc4C2)C3=O)CC1. The molecule has 1 fully saturated rings. The van der Waals surface area contributed by atoms with Crippen LogP contribution in [-0.2, 0) is 17.8 Å². The van der Waals surface area contributed by atoms with Crippen molar-refractivity contribution in [2.45, 2.75) is 44.8 Å². The molecule has 0 radical (unpaired) electrons. The summed E-state index contributed by atoms with van der Waals surface area (Å²) in [7, 11) is 0. The van der Waals surface area contributed by atoms with Gasteiger partial charge in [-0.25, -0.2) is 0 Å². The molecule has 1 saturated heterocycles. The Morgan fingerprint density at radius 3 is 2.60 bits per heavy atom. The normalized spacial score (nSPS) is 20.0. The Kier molecular flexibility index (Phi) is 7.07.